The third-order valence-electron chi connectivity index (χ3n) is 2.15. The fraction of sp³-hybridized carbons (Fsp3) is 0.500. The number of aliphatic hydroxyl groups excluding tert-OH is 1. The molecule has 0 aliphatic heterocycles. The van der Waals surface area contributed by atoms with Crippen molar-refractivity contribution in [2.75, 3.05) is 20.2 Å². The summed E-state index contributed by atoms with van der Waals surface area (Å²) in [6.07, 6.45) is -0.610. The van der Waals surface area contributed by atoms with Crippen molar-refractivity contribution in [2.45, 2.75) is 19.0 Å². The molecule has 1 rings (SSSR count). The van der Waals surface area contributed by atoms with Crippen LogP contribution in [0.15, 0.2) is 24.3 Å². The number of hydrogen-bond donors (Lipinski definition) is 2. The van der Waals surface area contributed by atoms with Crippen LogP contribution in [0.3, 0.4) is 0 Å². The first-order valence-electron chi connectivity index (χ1n) is 5.35. The van der Waals surface area contributed by atoms with Crippen LogP contribution >= 0.6 is 0 Å². The highest BCUT2D eigenvalue weighted by Gasteiger charge is 2.21. The van der Waals surface area contributed by atoms with Crippen molar-refractivity contribution in [2.24, 2.45) is 0 Å². The van der Waals surface area contributed by atoms with Crippen LogP contribution in [0.5, 0.6) is 5.75 Å². The van der Waals surface area contributed by atoms with Crippen molar-refractivity contribution < 1.29 is 18.6 Å². The Kier molecular flexibility index (Phi) is 4.84. The summed E-state index contributed by atoms with van der Waals surface area (Å²) in [7, 11) is 1.74. The maximum absolute atomic E-state index is 12.5. The van der Waals surface area contributed by atoms with E-state index in [0.29, 0.717) is 12.3 Å². The Bertz CT molecular complexity index is 335. The molecule has 0 heterocycles. The number of hydrogen-bond acceptors (Lipinski definition) is 3. The van der Waals surface area contributed by atoms with Gasteiger partial charge < -0.3 is 15.2 Å². The average Bonchev–Trinajstić information content (AvgIpc) is 2.26. The van der Waals surface area contributed by atoms with Gasteiger partial charge in [-0.25, -0.2) is 8.78 Å². The zero-order valence-electron chi connectivity index (χ0n) is 9.91. The molecule has 1 aromatic carbocycles. The molecule has 2 N–H and O–H groups in total. The van der Waals surface area contributed by atoms with Crippen LogP contribution < -0.4 is 10.1 Å². The molecule has 96 valence electrons. The summed E-state index contributed by atoms with van der Waals surface area (Å²) in [4.78, 5) is 0. The van der Waals surface area contributed by atoms with E-state index in [2.05, 4.69) is 5.32 Å². The summed E-state index contributed by atoms with van der Waals surface area (Å²) in [6.45, 7) is 0.594. The van der Waals surface area contributed by atoms with E-state index in [1.54, 1.807) is 31.3 Å². The molecule has 1 atom stereocenters. The summed E-state index contributed by atoms with van der Waals surface area (Å²) >= 11 is 0. The highest BCUT2D eigenvalue weighted by Crippen LogP contribution is 2.19. The van der Waals surface area contributed by atoms with Crippen LogP contribution in [-0.2, 0) is 0 Å². The van der Waals surface area contributed by atoms with Gasteiger partial charge >= 0.3 is 0 Å². The maximum Gasteiger partial charge on any atom is 0.278 e. The Morgan fingerprint density at radius 2 is 1.94 bits per heavy atom. The molecule has 17 heavy (non-hydrogen) atoms. The molecule has 5 heteroatoms. The van der Waals surface area contributed by atoms with Crippen LogP contribution in [0.25, 0.3) is 0 Å². The second kappa shape index (κ2) is 5.93. The SMILES string of the molecule is CNCC(O)c1ccc(OCC(C)(F)F)cc1. The van der Waals surface area contributed by atoms with Crippen molar-refractivity contribution in [3.8, 4) is 5.75 Å². The van der Waals surface area contributed by atoms with Crippen LogP contribution in [-0.4, -0.2) is 31.2 Å². The van der Waals surface area contributed by atoms with Gasteiger partial charge in [0.1, 0.15) is 5.75 Å². The standard InChI is InChI=1S/C12H17F2NO2/c1-12(13,14)8-17-10-5-3-9(4-6-10)11(16)7-15-2/h3-6,11,15-16H,7-8H2,1-2H3. The smallest absolute Gasteiger partial charge is 0.278 e. The lowest BCUT2D eigenvalue weighted by molar-refractivity contribution is -0.0229. The van der Waals surface area contributed by atoms with Crippen LogP contribution in [0, 0.1) is 0 Å². The van der Waals surface area contributed by atoms with Gasteiger partial charge in [-0.05, 0) is 24.7 Å². The average molecular weight is 245 g/mol. The molecule has 0 spiro atoms. The molecule has 0 radical (unpaired) electrons. The normalized spacial score (nSPS) is 13.5. The lowest BCUT2D eigenvalue weighted by atomic mass is 10.1. The fourth-order valence-electron chi connectivity index (χ4n) is 1.31. The van der Waals surface area contributed by atoms with Crippen LogP contribution in [0.1, 0.15) is 18.6 Å². The lowest BCUT2D eigenvalue weighted by Crippen LogP contribution is -2.21. The zero-order valence-corrected chi connectivity index (χ0v) is 9.91. The van der Waals surface area contributed by atoms with Crippen molar-refractivity contribution >= 4 is 0 Å². The molecule has 0 aliphatic rings. The highest BCUT2D eigenvalue weighted by atomic mass is 19.3. The monoisotopic (exact) mass is 245 g/mol. The van der Waals surface area contributed by atoms with Crippen LogP contribution in [0.4, 0.5) is 8.78 Å². The summed E-state index contributed by atoms with van der Waals surface area (Å²) in [5.41, 5.74) is 0.718. The van der Waals surface area contributed by atoms with E-state index in [4.69, 9.17) is 4.74 Å². The molecule has 0 amide bonds. The van der Waals surface area contributed by atoms with Crippen LogP contribution in [0.2, 0.25) is 0 Å². The molecule has 3 nitrogen and oxygen atoms in total. The van der Waals surface area contributed by atoms with E-state index >= 15 is 0 Å². The number of aliphatic hydroxyl groups is 1. The molecule has 1 unspecified atom stereocenters. The molecule has 0 bridgehead atoms. The number of likely N-dealkylation sites (N-methyl/N-ethyl adjacent to an activating group) is 1. The predicted molar refractivity (Wildman–Crippen MR) is 61.4 cm³/mol. The number of alkyl halides is 2. The minimum absolute atomic E-state index is 0.368. The second-order valence-corrected chi connectivity index (χ2v) is 4.00. The first-order valence-corrected chi connectivity index (χ1v) is 5.35. The number of nitrogens with one attached hydrogen (secondary N) is 1. The topological polar surface area (TPSA) is 41.5 Å². The minimum Gasteiger partial charge on any atom is -0.487 e. The van der Waals surface area contributed by atoms with E-state index in [1.165, 1.54) is 0 Å². The summed E-state index contributed by atoms with van der Waals surface area (Å²) in [6, 6.07) is 6.45. The summed E-state index contributed by atoms with van der Waals surface area (Å²) in [5, 5.41) is 12.5. The van der Waals surface area contributed by atoms with Gasteiger partial charge in [0.05, 0.1) is 6.10 Å². The zero-order chi connectivity index (χ0) is 12.9. The Balaban J connectivity index is 2.56. The molecular weight excluding hydrogens is 228 g/mol. The van der Waals surface area contributed by atoms with Crippen molar-refractivity contribution in [1.29, 1.82) is 0 Å². The van der Waals surface area contributed by atoms with Crippen molar-refractivity contribution in [1.82, 2.24) is 5.32 Å². The van der Waals surface area contributed by atoms with Gasteiger partial charge in [0, 0.05) is 13.5 Å². The number of halogens is 2. The third kappa shape index (κ3) is 5.10. The van der Waals surface area contributed by atoms with Gasteiger partial charge in [0.2, 0.25) is 0 Å². The van der Waals surface area contributed by atoms with E-state index in [1.807, 2.05) is 0 Å². The van der Waals surface area contributed by atoms with Gasteiger partial charge in [0.15, 0.2) is 6.61 Å². The maximum atomic E-state index is 12.5. The van der Waals surface area contributed by atoms with Crippen molar-refractivity contribution in [3.63, 3.8) is 0 Å². The minimum atomic E-state index is -2.84. The van der Waals surface area contributed by atoms with Crippen molar-refractivity contribution in [3.05, 3.63) is 29.8 Å². The predicted octanol–water partition coefficient (Wildman–Crippen LogP) is 1.97. The van der Waals surface area contributed by atoms with Gasteiger partial charge in [-0.3, -0.25) is 0 Å². The number of ether oxygens (including phenoxy) is 1. The van der Waals surface area contributed by atoms with E-state index in [-0.39, 0.29) is 0 Å². The highest BCUT2D eigenvalue weighted by molar-refractivity contribution is 5.28. The summed E-state index contributed by atoms with van der Waals surface area (Å²) < 4.78 is 30.0. The van der Waals surface area contributed by atoms with Gasteiger partial charge in [-0.1, -0.05) is 12.1 Å². The molecule has 0 aromatic heterocycles. The quantitative estimate of drug-likeness (QED) is 0.805. The number of rotatable bonds is 6. The fourth-order valence-corrected chi connectivity index (χ4v) is 1.31. The molecule has 0 aliphatic carbocycles. The Morgan fingerprint density at radius 3 is 2.41 bits per heavy atom. The van der Waals surface area contributed by atoms with E-state index in [0.717, 1.165) is 12.5 Å². The first kappa shape index (κ1) is 13.9. The molecular formula is C12H17F2NO2. The largest absolute Gasteiger partial charge is 0.487 e. The Labute approximate surface area is 99.4 Å². The number of benzene rings is 1. The van der Waals surface area contributed by atoms with Gasteiger partial charge in [0.25, 0.3) is 5.92 Å². The first-order chi connectivity index (χ1) is 7.92. The molecule has 1 aromatic rings. The van der Waals surface area contributed by atoms with E-state index < -0.39 is 18.6 Å². The van der Waals surface area contributed by atoms with Gasteiger partial charge in [-0.15, -0.1) is 0 Å². The van der Waals surface area contributed by atoms with Gasteiger partial charge in [-0.2, -0.15) is 0 Å². The molecule has 0 fully saturated rings. The molecule has 0 saturated carbocycles. The third-order valence-corrected chi connectivity index (χ3v) is 2.15. The Hall–Kier alpha value is -1.20. The van der Waals surface area contributed by atoms with E-state index in [9.17, 15) is 13.9 Å². The second-order valence-electron chi connectivity index (χ2n) is 4.00. The molecule has 0 saturated heterocycles. The lowest BCUT2D eigenvalue weighted by Gasteiger charge is -2.13. The summed E-state index contributed by atoms with van der Waals surface area (Å²) in [5.74, 6) is -2.48. The Morgan fingerprint density at radius 1 is 1.35 bits per heavy atom.